The van der Waals surface area contributed by atoms with Crippen LogP contribution in [0.4, 0.5) is 5.13 Å². The third-order valence-corrected chi connectivity index (χ3v) is 6.02. The first-order valence-electron chi connectivity index (χ1n) is 8.18. The Morgan fingerprint density at radius 2 is 2.11 bits per heavy atom. The van der Waals surface area contributed by atoms with Crippen molar-refractivity contribution in [3.63, 3.8) is 0 Å². The van der Waals surface area contributed by atoms with Gasteiger partial charge in [0, 0.05) is 11.0 Å². The van der Waals surface area contributed by atoms with Crippen LogP contribution < -0.4 is 5.32 Å². The molecule has 2 heterocycles. The molecule has 0 aliphatic rings. The smallest absolute Gasteiger partial charge is 0.236 e. The summed E-state index contributed by atoms with van der Waals surface area (Å²) >= 11 is 6.04. The van der Waals surface area contributed by atoms with E-state index < -0.39 is 0 Å². The number of amides is 1. The van der Waals surface area contributed by atoms with Crippen LogP contribution in [0.3, 0.4) is 0 Å². The van der Waals surface area contributed by atoms with Crippen molar-refractivity contribution in [2.75, 3.05) is 11.1 Å². The molecule has 0 saturated heterocycles. The molecule has 27 heavy (non-hydrogen) atoms. The van der Waals surface area contributed by atoms with Crippen LogP contribution >= 0.6 is 39.0 Å². The number of phenols is 1. The van der Waals surface area contributed by atoms with Crippen LogP contribution in [-0.2, 0) is 17.8 Å². The van der Waals surface area contributed by atoms with Gasteiger partial charge in [0.25, 0.3) is 0 Å². The molecule has 0 saturated carbocycles. The van der Waals surface area contributed by atoms with Gasteiger partial charge in [-0.25, -0.2) is 0 Å². The molecule has 3 rings (SSSR count). The summed E-state index contributed by atoms with van der Waals surface area (Å²) in [4.78, 5) is 12.2. The first kappa shape index (κ1) is 19.8. The zero-order chi connectivity index (χ0) is 19.4. The molecule has 0 unspecified atom stereocenters. The van der Waals surface area contributed by atoms with Crippen LogP contribution in [0.1, 0.15) is 18.9 Å². The van der Waals surface area contributed by atoms with Crippen molar-refractivity contribution in [2.45, 2.75) is 32.0 Å². The highest BCUT2D eigenvalue weighted by Gasteiger charge is 2.18. The van der Waals surface area contributed by atoms with Gasteiger partial charge in [-0.05, 0) is 31.5 Å². The van der Waals surface area contributed by atoms with Crippen LogP contribution in [0.15, 0.2) is 27.8 Å². The Morgan fingerprint density at radius 3 is 2.81 bits per heavy atom. The molecule has 3 aromatic rings. The summed E-state index contributed by atoms with van der Waals surface area (Å²) in [5.41, 5.74) is 0.580. The van der Waals surface area contributed by atoms with Gasteiger partial charge in [0.1, 0.15) is 10.8 Å². The number of carbonyl (C=O) groups excluding carboxylic acids is 1. The molecule has 0 atom stereocenters. The topological polar surface area (TPSA) is 106 Å². The molecule has 0 aliphatic heterocycles. The minimum Gasteiger partial charge on any atom is -0.507 e. The Kier molecular flexibility index (Phi) is 6.45. The van der Waals surface area contributed by atoms with Crippen molar-refractivity contribution >= 4 is 50.1 Å². The standard InChI is InChI=1S/C16H17BrN6O2S2/c1-3-13-19-21-15(27-13)18-12(25)8-26-16-22-20-14(23(16)4-2)10-7-9(17)5-6-11(10)24/h5-7,24H,3-4,8H2,1-2H3,(H,18,21,25). The minimum atomic E-state index is -0.184. The Bertz CT molecular complexity index is 958. The molecule has 0 fully saturated rings. The number of hydrogen-bond donors (Lipinski definition) is 2. The zero-order valence-electron chi connectivity index (χ0n) is 14.6. The lowest BCUT2D eigenvalue weighted by Gasteiger charge is -2.08. The molecule has 11 heteroatoms. The second-order valence-corrected chi connectivity index (χ2v) is 8.32. The number of hydrogen-bond acceptors (Lipinski definition) is 8. The summed E-state index contributed by atoms with van der Waals surface area (Å²) in [5, 5.41) is 31.1. The lowest BCUT2D eigenvalue weighted by Crippen LogP contribution is -2.14. The van der Waals surface area contributed by atoms with E-state index in [9.17, 15) is 9.90 Å². The van der Waals surface area contributed by atoms with Crippen LogP contribution in [-0.4, -0.2) is 41.7 Å². The number of benzene rings is 1. The quantitative estimate of drug-likeness (QED) is 0.510. The number of aromatic nitrogens is 5. The number of aryl methyl sites for hydroxylation is 1. The second kappa shape index (κ2) is 8.81. The molecule has 2 N–H and O–H groups in total. The van der Waals surface area contributed by atoms with E-state index in [4.69, 9.17) is 0 Å². The highest BCUT2D eigenvalue weighted by atomic mass is 79.9. The third-order valence-electron chi connectivity index (χ3n) is 3.58. The molecule has 1 amide bonds. The van der Waals surface area contributed by atoms with Gasteiger partial charge in [-0.2, -0.15) is 0 Å². The summed E-state index contributed by atoms with van der Waals surface area (Å²) in [5.74, 6) is 0.661. The van der Waals surface area contributed by atoms with Crippen molar-refractivity contribution in [1.82, 2.24) is 25.0 Å². The maximum atomic E-state index is 12.2. The second-order valence-electron chi connectivity index (χ2n) is 5.40. The first-order chi connectivity index (χ1) is 13.0. The van der Waals surface area contributed by atoms with Gasteiger partial charge in [-0.1, -0.05) is 46.0 Å². The van der Waals surface area contributed by atoms with Crippen molar-refractivity contribution in [2.24, 2.45) is 0 Å². The Balaban J connectivity index is 1.71. The summed E-state index contributed by atoms with van der Waals surface area (Å²) in [6.45, 7) is 4.55. The molecule has 8 nitrogen and oxygen atoms in total. The van der Waals surface area contributed by atoms with Crippen molar-refractivity contribution in [3.8, 4) is 17.1 Å². The Hall–Kier alpha value is -1.98. The number of carbonyl (C=O) groups is 1. The normalized spacial score (nSPS) is 10.9. The number of phenolic OH excluding ortho intramolecular Hbond substituents is 1. The summed E-state index contributed by atoms with van der Waals surface area (Å²) in [6.07, 6.45) is 0.785. The predicted octanol–water partition coefficient (Wildman–Crippen LogP) is 3.58. The lowest BCUT2D eigenvalue weighted by atomic mass is 10.2. The largest absolute Gasteiger partial charge is 0.507 e. The van der Waals surface area contributed by atoms with Gasteiger partial charge < -0.3 is 9.67 Å². The van der Waals surface area contributed by atoms with E-state index in [0.717, 1.165) is 15.9 Å². The predicted molar refractivity (Wildman–Crippen MR) is 109 cm³/mol. The number of aromatic hydroxyl groups is 1. The summed E-state index contributed by atoms with van der Waals surface area (Å²) in [7, 11) is 0. The Labute approximate surface area is 172 Å². The number of anilines is 1. The van der Waals surface area contributed by atoms with E-state index in [0.29, 0.717) is 28.2 Å². The summed E-state index contributed by atoms with van der Waals surface area (Å²) in [6, 6.07) is 5.14. The number of nitrogens with one attached hydrogen (secondary N) is 1. The van der Waals surface area contributed by atoms with Crippen LogP contribution in [0, 0.1) is 0 Å². The van der Waals surface area contributed by atoms with Crippen LogP contribution in [0.2, 0.25) is 0 Å². The highest BCUT2D eigenvalue weighted by molar-refractivity contribution is 9.10. The van der Waals surface area contributed by atoms with E-state index in [1.807, 2.05) is 18.4 Å². The number of rotatable bonds is 7. The van der Waals surface area contributed by atoms with E-state index >= 15 is 0 Å². The molecule has 0 radical (unpaired) electrons. The molecule has 0 bridgehead atoms. The highest BCUT2D eigenvalue weighted by Crippen LogP contribution is 2.32. The number of halogens is 1. The van der Waals surface area contributed by atoms with Crippen molar-refractivity contribution in [1.29, 1.82) is 0 Å². The summed E-state index contributed by atoms with van der Waals surface area (Å²) < 4.78 is 2.69. The van der Waals surface area contributed by atoms with Gasteiger partial charge in [-0.15, -0.1) is 20.4 Å². The third kappa shape index (κ3) is 4.66. The molecule has 1 aromatic carbocycles. The van der Waals surface area contributed by atoms with Crippen molar-refractivity contribution < 1.29 is 9.90 Å². The van der Waals surface area contributed by atoms with Gasteiger partial charge in [0.15, 0.2) is 11.0 Å². The Morgan fingerprint density at radius 1 is 1.30 bits per heavy atom. The van der Waals surface area contributed by atoms with E-state index in [2.05, 4.69) is 41.6 Å². The van der Waals surface area contributed by atoms with Crippen LogP contribution in [0.5, 0.6) is 5.75 Å². The fourth-order valence-electron chi connectivity index (χ4n) is 2.30. The molecule has 2 aromatic heterocycles. The van der Waals surface area contributed by atoms with Gasteiger partial charge >= 0.3 is 0 Å². The fourth-order valence-corrected chi connectivity index (χ4v) is 4.16. The first-order valence-corrected chi connectivity index (χ1v) is 10.8. The fraction of sp³-hybridized carbons (Fsp3) is 0.312. The average Bonchev–Trinajstić information content (AvgIpc) is 3.28. The lowest BCUT2D eigenvalue weighted by molar-refractivity contribution is -0.113. The maximum Gasteiger partial charge on any atom is 0.236 e. The molecule has 0 spiro atoms. The molecular formula is C16H17BrN6O2S2. The van der Waals surface area contributed by atoms with E-state index in [-0.39, 0.29) is 17.4 Å². The van der Waals surface area contributed by atoms with Gasteiger partial charge in [0.05, 0.1) is 11.3 Å². The number of nitrogens with zero attached hydrogens (tertiary/aromatic N) is 5. The van der Waals surface area contributed by atoms with E-state index in [1.165, 1.54) is 23.1 Å². The van der Waals surface area contributed by atoms with Gasteiger partial charge in [0.2, 0.25) is 11.0 Å². The molecule has 142 valence electrons. The zero-order valence-corrected chi connectivity index (χ0v) is 17.9. The minimum absolute atomic E-state index is 0.123. The van der Waals surface area contributed by atoms with Crippen molar-refractivity contribution in [3.05, 3.63) is 27.7 Å². The SMILES string of the molecule is CCc1nnc(NC(=O)CSc2nnc(-c3cc(Br)ccc3O)n2CC)s1. The molecule has 0 aliphatic carbocycles. The average molecular weight is 469 g/mol. The molecular weight excluding hydrogens is 452 g/mol. The van der Waals surface area contributed by atoms with Gasteiger partial charge in [-0.3, -0.25) is 10.1 Å². The van der Waals surface area contributed by atoms with E-state index in [1.54, 1.807) is 18.2 Å². The number of thioether (sulfide) groups is 1. The maximum absolute atomic E-state index is 12.2. The van der Waals surface area contributed by atoms with Crippen LogP contribution in [0.25, 0.3) is 11.4 Å². The monoisotopic (exact) mass is 468 g/mol.